The molecule has 16 heavy (non-hydrogen) atoms. The van der Waals surface area contributed by atoms with Crippen LogP contribution in [0.4, 0.5) is 9.18 Å². The Bertz CT molecular complexity index is 374. The molecule has 0 aliphatic rings. The van der Waals surface area contributed by atoms with E-state index in [9.17, 15) is 9.18 Å². The fraction of sp³-hybridized carbons (Fsp3) is 0.300. The van der Waals surface area contributed by atoms with Crippen molar-refractivity contribution in [3.05, 3.63) is 34.6 Å². The van der Waals surface area contributed by atoms with Crippen LogP contribution in [0.15, 0.2) is 18.2 Å². The Balaban J connectivity index is 2.29. The molecule has 1 rings (SSSR count). The Kier molecular flexibility index (Phi) is 5.01. The molecule has 88 valence electrons. The Labute approximate surface area is 97.5 Å². The summed E-state index contributed by atoms with van der Waals surface area (Å²) in [4.78, 5) is 10.2. The highest BCUT2D eigenvalue weighted by Crippen LogP contribution is 2.16. The van der Waals surface area contributed by atoms with E-state index in [0.717, 1.165) is 5.56 Å². The van der Waals surface area contributed by atoms with Gasteiger partial charge in [0.2, 0.25) is 0 Å². The van der Waals surface area contributed by atoms with Gasteiger partial charge >= 0.3 is 6.09 Å². The van der Waals surface area contributed by atoms with E-state index in [1.165, 1.54) is 12.1 Å². The zero-order valence-electron chi connectivity index (χ0n) is 8.50. The molecule has 0 fully saturated rings. The van der Waals surface area contributed by atoms with E-state index in [4.69, 9.17) is 17.3 Å². The van der Waals surface area contributed by atoms with Crippen molar-refractivity contribution in [2.24, 2.45) is 5.73 Å². The molecule has 1 aromatic carbocycles. The number of ether oxygens (including phenoxy) is 1. The monoisotopic (exact) mass is 246 g/mol. The van der Waals surface area contributed by atoms with Crippen LogP contribution in [0.1, 0.15) is 5.56 Å². The molecule has 1 amide bonds. The van der Waals surface area contributed by atoms with Gasteiger partial charge in [0.05, 0.1) is 0 Å². The van der Waals surface area contributed by atoms with Gasteiger partial charge in [-0.1, -0.05) is 17.7 Å². The van der Waals surface area contributed by atoms with Crippen LogP contribution >= 0.6 is 11.6 Å². The number of carbonyl (C=O) groups is 1. The van der Waals surface area contributed by atoms with E-state index in [2.05, 4.69) is 10.1 Å². The summed E-state index contributed by atoms with van der Waals surface area (Å²) in [5, 5.41) is 3.34. The Morgan fingerprint density at radius 3 is 2.94 bits per heavy atom. The Morgan fingerprint density at radius 2 is 2.31 bits per heavy atom. The molecule has 0 spiro atoms. The average molecular weight is 247 g/mol. The van der Waals surface area contributed by atoms with E-state index in [1.54, 1.807) is 6.07 Å². The SMILES string of the molecule is NC(=O)OCCNCc1ccc(F)cc1Cl. The summed E-state index contributed by atoms with van der Waals surface area (Å²) in [6, 6.07) is 4.18. The Hall–Kier alpha value is -1.33. The molecule has 3 N–H and O–H groups in total. The molecule has 0 heterocycles. The molecule has 0 saturated heterocycles. The maximum atomic E-state index is 12.7. The number of nitrogens with two attached hydrogens (primary N) is 1. The second kappa shape index (κ2) is 6.30. The number of amides is 1. The summed E-state index contributed by atoms with van der Waals surface area (Å²) in [7, 11) is 0. The van der Waals surface area contributed by atoms with Gasteiger partial charge in [0.1, 0.15) is 12.4 Å². The van der Waals surface area contributed by atoms with Gasteiger partial charge in [-0.3, -0.25) is 0 Å². The first-order chi connectivity index (χ1) is 7.59. The molecule has 0 aromatic heterocycles. The topological polar surface area (TPSA) is 64.4 Å². The number of hydrogen-bond acceptors (Lipinski definition) is 3. The highest BCUT2D eigenvalue weighted by Gasteiger charge is 2.01. The highest BCUT2D eigenvalue weighted by molar-refractivity contribution is 6.31. The van der Waals surface area contributed by atoms with Crippen molar-refractivity contribution in [3.8, 4) is 0 Å². The number of hydrogen-bond donors (Lipinski definition) is 2. The molecule has 0 atom stereocenters. The largest absolute Gasteiger partial charge is 0.448 e. The van der Waals surface area contributed by atoms with Crippen LogP contribution in [0.25, 0.3) is 0 Å². The zero-order chi connectivity index (χ0) is 12.0. The number of primary amides is 1. The first-order valence-electron chi connectivity index (χ1n) is 4.66. The van der Waals surface area contributed by atoms with Gasteiger partial charge in [-0.2, -0.15) is 0 Å². The third-order valence-corrected chi connectivity index (χ3v) is 2.21. The number of nitrogens with one attached hydrogen (secondary N) is 1. The van der Waals surface area contributed by atoms with E-state index in [-0.39, 0.29) is 12.4 Å². The summed E-state index contributed by atoms with van der Waals surface area (Å²) in [5.74, 6) is -0.370. The van der Waals surface area contributed by atoms with E-state index in [0.29, 0.717) is 18.1 Å². The van der Waals surface area contributed by atoms with E-state index < -0.39 is 6.09 Å². The van der Waals surface area contributed by atoms with Crippen LogP contribution in [-0.2, 0) is 11.3 Å². The fourth-order valence-corrected chi connectivity index (χ4v) is 1.35. The third-order valence-electron chi connectivity index (χ3n) is 1.85. The lowest BCUT2D eigenvalue weighted by Crippen LogP contribution is -2.23. The predicted octanol–water partition coefficient (Wildman–Crippen LogP) is 1.66. The van der Waals surface area contributed by atoms with Crippen molar-refractivity contribution in [1.29, 1.82) is 0 Å². The minimum atomic E-state index is -0.804. The van der Waals surface area contributed by atoms with Gasteiger partial charge in [0.25, 0.3) is 0 Å². The van der Waals surface area contributed by atoms with Crippen LogP contribution in [0.3, 0.4) is 0 Å². The van der Waals surface area contributed by atoms with Crippen LogP contribution in [0.5, 0.6) is 0 Å². The second-order valence-corrected chi connectivity index (χ2v) is 3.49. The smallest absolute Gasteiger partial charge is 0.404 e. The van der Waals surface area contributed by atoms with Crippen molar-refractivity contribution in [1.82, 2.24) is 5.32 Å². The maximum Gasteiger partial charge on any atom is 0.404 e. The normalized spacial score (nSPS) is 10.1. The minimum Gasteiger partial charge on any atom is -0.448 e. The second-order valence-electron chi connectivity index (χ2n) is 3.08. The molecule has 1 aromatic rings. The summed E-state index contributed by atoms with van der Waals surface area (Å²) in [5.41, 5.74) is 5.55. The van der Waals surface area contributed by atoms with Gasteiger partial charge in [0, 0.05) is 18.1 Å². The summed E-state index contributed by atoms with van der Waals surface area (Å²) in [6.07, 6.45) is -0.804. The average Bonchev–Trinajstić information content (AvgIpc) is 2.20. The first kappa shape index (κ1) is 12.7. The number of halogens is 2. The van der Waals surface area contributed by atoms with Gasteiger partial charge < -0.3 is 15.8 Å². The third kappa shape index (κ3) is 4.46. The fourth-order valence-electron chi connectivity index (χ4n) is 1.11. The number of rotatable bonds is 5. The van der Waals surface area contributed by atoms with Crippen LogP contribution in [-0.4, -0.2) is 19.2 Å². The van der Waals surface area contributed by atoms with Gasteiger partial charge in [-0.25, -0.2) is 9.18 Å². The molecule has 0 aliphatic heterocycles. The first-order valence-corrected chi connectivity index (χ1v) is 5.04. The van der Waals surface area contributed by atoms with E-state index >= 15 is 0 Å². The summed E-state index contributed by atoms with van der Waals surface area (Å²) in [6.45, 7) is 1.12. The van der Waals surface area contributed by atoms with Crippen LogP contribution in [0.2, 0.25) is 5.02 Å². The maximum absolute atomic E-state index is 12.7. The Morgan fingerprint density at radius 1 is 1.56 bits per heavy atom. The standard InChI is InChI=1S/C10H12ClFN2O2/c11-9-5-8(12)2-1-7(9)6-14-3-4-16-10(13)15/h1-2,5,14H,3-4,6H2,(H2,13,15). The lowest BCUT2D eigenvalue weighted by Gasteiger charge is -2.06. The van der Waals surface area contributed by atoms with Crippen molar-refractivity contribution >= 4 is 17.7 Å². The molecule has 0 unspecified atom stereocenters. The molecular formula is C10H12ClFN2O2. The predicted molar refractivity (Wildman–Crippen MR) is 58.7 cm³/mol. The molecule has 4 nitrogen and oxygen atoms in total. The van der Waals surface area contributed by atoms with Crippen molar-refractivity contribution in [3.63, 3.8) is 0 Å². The van der Waals surface area contributed by atoms with Crippen LogP contribution < -0.4 is 11.1 Å². The van der Waals surface area contributed by atoms with Crippen molar-refractivity contribution < 1.29 is 13.9 Å². The molecule has 6 heteroatoms. The van der Waals surface area contributed by atoms with Crippen LogP contribution in [0, 0.1) is 5.82 Å². The molecular weight excluding hydrogens is 235 g/mol. The number of benzene rings is 1. The molecule has 0 radical (unpaired) electrons. The van der Waals surface area contributed by atoms with Gasteiger partial charge in [0.15, 0.2) is 0 Å². The molecule has 0 saturated carbocycles. The minimum absolute atomic E-state index is 0.189. The highest BCUT2D eigenvalue weighted by atomic mass is 35.5. The lowest BCUT2D eigenvalue weighted by atomic mass is 10.2. The van der Waals surface area contributed by atoms with Crippen molar-refractivity contribution in [2.45, 2.75) is 6.54 Å². The molecule has 0 aliphatic carbocycles. The van der Waals surface area contributed by atoms with Crippen molar-refractivity contribution in [2.75, 3.05) is 13.2 Å². The quantitative estimate of drug-likeness (QED) is 0.777. The summed E-state index contributed by atoms with van der Waals surface area (Å²) >= 11 is 5.81. The zero-order valence-corrected chi connectivity index (χ0v) is 9.26. The molecule has 0 bridgehead atoms. The van der Waals surface area contributed by atoms with Gasteiger partial charge in [-0.15, -0.1) is 0 Å². The summed E-state index contributed by atoms with van der Waals surface area (Å²) < 4.78 is 17.2. The number of carbonyl (C=O) groups excluding carboxylic acids is 1. The van der Waals surface area contributed by atoms with E-state index in [1.807, 2.05) is 0 Å². The lowest BCUT2D eigenvalue weighted by molar-refractivity contribution is 0.157. The van der Waals surface area contributed by atoms with Gasteiger partial charge in [-0.05, 0) is 17.7 Å².